The first kappa shape index (κ1) is 12.2. The summed E-state index contributed by atoms with van der Waals surface area (Å²) in [5.41, 5.74) is -1.20. The number of aliphatic hydroxyl groups excluding tert-OH is 1. The van der Waals surface area contributed by atoms with Crippen LogP contribution in [-0.4, -0.2) is 41.3 Å². The number of alkyl halides is 3. The first-order valence-corrected chi connectivity index (χ1v) is 3.59. The topological polar surface area (TPSA) is 40.5 Å². The van der Waals surface area contributed by atoms with Crippen LogP contribution in [0.15, 0.2) is 0 Å². The van der Waals surface area contributed by atoms with Crippen molar-refractivity contribution < 1.29 is 23.1 Å². The van der Waals surface area contributed by atoms with Crippen molar-refractivity contribution in [2.24, 2.45) is 0 Å². The smallest absolute Gasteiger partial charge is 0.394 e. The van der Waals surface area contributed by atoms with E-state index in [4.69, 9.17) is 5.11 Å². The van der Waals surface area contributed by atoms with Gasteiger partial charge in [0.25, 0.3) is 0 Å². The average Bonchev–Trinajstić information content (AvgIpc) is 2.00. The molecule has 0 aromatic rings. The Labute approximate surface area is 74.1 Å². The average molecular weight is 199 g/mol. The number of carbonyl (C=O) groups excluding carboxylic acids is 1. The Morgan fingerprint density at radius 1 is 1.38 bits per heavy atom. The summed E-state index contributed by atoms with van der Waals surface area (Å²) in [6.07, 6.45) is -4.89. The van der Waals surface area contributed by atoms with Crippen molar-refractivity contribution in [3.05, 3.63) is 0 Å². The maximum Gasteiger partial charge on any atom is 0.471 e. The molecule has 0 aromatic heterocycles. The summed E-state index contributed by atoms with van der Waals surface area (Å²) < 4.78 is 35.7. The third-order valence-electron chi connectivity index (χ3n) is 1.84. The largest absolute Gasteiger partial charge is 0.471 e. The maximum absolute atomic E-state index is 11.9. The summed E-state index contributed by atoms with van der Waals surface area (Å²) in [5.74, 6) is -1.95. The molecule has 0 bridgehead atoms. The molecule has 0 aliphatic heterocycles. The van der Waals surface area contributed by atoms with E-state index in [1.807, 2.05) is 0 Å². The predicted molar refractivity (Wildman–Crippen MR) is 40.0 cm³/mol. The van der Waals surface area contributed by atoms with E-state index < -0.39 is 24.2 Å². The summed E-state index contributed by atoms with van der Waals surface area (Å²) in [6, 6.07) is 0. The quantitative estimate of drug-likeness (QED) is 0.713. The molecule has 0 aliphatic carbocycles. The Hall–Kier alpha value is -0.780. The molecule has 0 radical (unpaired) electrons. The molecule has 0 saturated heterocycles. The molecule has 0 saturated carbocycles. The fourth-order valence-corrected chi connectivity index (χ4v) is 0.571. The second kappa shape index (κ2) is 3.53. The van der Waals surface area contributed by atoms with Gasteiger partial charge in [-0.05, 0) is 13.8 Å². The highest BCUT2D eigenvalue weighted by molar-refractivity contribution is 5.82. The lowest BCUT2D eigenvalue weighted by Gasteiger charge is -2.34. The Bertz CT molecular complexity index is 200. The van der Waals surface area contributed by atoms with Crippen LogP contribution in [0.25, 0.3) is 0 Å². The lowest BCUT2D eigenvalue weighted by Crippen LogP contribution is -2.52. The molecule has 0 aromatic carbocycles. The molecule has 3 nitrogen and oxygen atoms in total. The molecule has 1 amide bonds. The first-order valence-electron chi connectivity index (χ1n) is 3.59. The number of carbonyl (C=O) groups is 1. The normalized spacial score (nSPS) is 12.8. The van der Waals surface area contributed by atoms with Gasteiger partial charge in [-0.1, -0.05) is 0 Å². The zero-order chi connectivity index (χ0) is 10.9. The minimum Gasteiger partial charge on any atom is -0.394 e. The molecule has 0 atom stereocenters. The Morgan fingerprint density at radius 2 is 1.77 bits per heavy atom. The fraction of sp³-hybridized carbons (Fsp3) is 0.857. The van der Waals surface area contributed by atoms with Crippen LogP contribution in [0, 0.1) is 0 Å². The fourth-order valence-electron chi connectivity index (χ4n) is 0.571. The number of likely N-dealkylation sites (N-methyl/N-ethyl adjacent to an activating group) is 1. The first-order chi connectivity index (χ1) is 5.63. The zero-order valence-corrected chi connectivity index (χ0v) is 7.64. The van der Waals surface area contributed by atoms with E-state index in [9.17, 15) is 18.0 Å². The van der Waals surface area contributed by atoms with Crippen LogP contribution in [0.1, 0.15) is 13.8 Å². The molecule has 0 unspecified atom stereocenters. The van der Waals surface area contributed by atoms with Gasteiger partial charge < -0.3 is 10.0 Å². The minimum atomic E-state index is -4.89. The highest BCUT2D eigenvalue weighted by Gasteiger charge is 2.45. The van der Waals surface area contributed by atoms with Gasteiger partial charge in [-0.2, -0.15) is 13.2 Å². The van der Waals surface area contributed by atoms with Gasteiger partial charge in [0.15, 0.2) is 0 Å². The van der Waals surface area contributed by atoms with Crippen molar-refractivity contribution in [1.82, 2.24) is 4.90 Å². The van der Waals surface area contributed by atoms with E-state index in [1.54, 1.807) is 0 Å². The maximum atomic E-state index is 11.9. The summed E-state index contributed by atoms with van der Waals surface area (Å²) in [5, 5.41) is 8.72. The van der Waals surface area contributed by atoms with Crippen LogP contribution in [0.2, 0.25) is 0 Å². The SMILES string of the molecule is CN(C(=O)C(F)(F)F)C(C)(C)CO. The molecule has 0 rings (SSSR count). The summed E-state index contributed by atoms with van der Waals surface area (Å²) in [6.45, 7) is 2.17. The van der Waals surface area contributed by atoms with Gasteiger partial charge in [-0.3, -0.25) is 4.79 Å². The number of halogens is 3. The molecule has 6 heteroatoms. The third-order valence-corrected chi connectivity index (χ3v) is 1.84. The van der Waals surface area contributed by atoms with Crippen molar-refractivity contribution in [2.75, 3.05) is 13.7 Å². The van der Waals surface area contributed by atoms with E-state index in [0.29, 0.717) is 4.90 Å². The molecule has 1 N–H and O–H groups in total. The van der Waals surface area contributed by atoms with Crippen molar-refractivity contribution in [1.29, 1.82) is 0 Å². The van der Waals surface area contributed by atoms with Gasteiger partial charge in [-0.25, -0.2) is 0 Å². The number of hydrogen-bond donors (Lipinski definition) is 1. The van der Waals surface area contributed by atoms with Crippen LogP contribution in [-0.2, 0) is 4.79 Å². The molecule has 0 aliphatic rings. The van der Waals surface area contributed by atoms with Crippen LogP contribution in [0.4, 0.5) is 13.2 Å². The molecule has 0 heterocycles. The number of nitrogens with zero attached hydrogens (tertiary/aromatic N) is 1. The van der Waals surface area contributed by atoms with Crippen LogP contribution in [0.3, 0.4) is 0 Å². The van der Waals surface area contributed by atoms with Crippen molar-refractivity contribution in [3.63, 3.8) is 0 Å². The third kappa shape index (κ3) is 2.87. The molecule has 13 heavy (non-hydrogen) atoms. The van der Waals surface area contributed by atoms with E-state index in [2.05, 4.69) is 0 Å². The van der Waals surface area contributed by atoms with Crippen molar-refractivity contribution >= 4 is 5.91 Å². The lowest BCUT2D eigenvalue weighted by molar-refractivity contribution is -0.189. The van der Waals surface area contributed by atoms with Gasteiger partial charge in [0.1, 0.15) is 0 Å². The second-order valence-corrected chi connectivity index (χ2v) is 3.33. The molecule has 0 fully saturated rings. The van der Waals surface area contributed by atoms with E-state index in [-0.39, 0.29) is 0 Å². The lowest BCUT2D eigenvalue weighted by atomic mass is 10.1. The van der Waals surface area contributed by atoms with E-state index in [0.717, 1.165) is 7.05 Å². The Balaban J connectivity index is 4.62. The Kier molecular flexibility index (Phi) is 3.32. The molecule has 78 valence electrons. The van der Waals surface area contributed by atoms with Gasteiger partial charge in [0.05, 0.1) is 12.1 Å². The highest BCUT2D eigenvalue weighted by atomic mass is 19.4. The predicted octanol–water partition coefficient (Wildman–Crippen LogP) is 0.778. The van der Waals surface area contributed by atoms with Gasteiger partial charge in [-0.15, -0.1) is 0 Å². The molecule has 0 spiro atoms. The molecular formula is C7H12F3NO2. The summed E-state index contributed by atoms with van der Waals surface area (Å²) in [4.78, 5) is 11.1. The van der Waals surface area contributed by atoms with Crippen LogP contribution >= 0.6 is 0 Å². The number of rotatable bonds is 2. The standard InChI is InChI=1S/C7H12F3NO2/c1-6(2,4-12)11(3)5(13)7(8,9)10/h12H,4H2,1-3H3. The van der Waals surface area contributed by atoms with Crippen LogP contribution in [0.5, 0.6) is 0 Å². The number of aliphatic hydroxyl groups is 1. The van der Waals surface area contributed by atoms with Crippen LogP contribution < -0.4 is 0 Å². The minimum absolute atomic E-state index is 0.479. The molecular weight excluding hydrogens is 187 g/mol. The number of hydrogen-bond acceptors (Lipinski definition) is 2. The highest BCUT2D eigenvalue weighted by Crippen LogP contribution is 2.22. The van der Waals surface area contributed by atoms with Gasteiger partial charge in [0, 0.05) is 7.05 Å². The van der Waals surface area contributed by atoms with E-state index in [1.165, 1.54) is 13.8 Å². The van der Waals surface area contributed by atoms with Gasteiger partial charge in [0.2, 0.25) is 0 Å². The second-order valence-electron chi connectivity index (χ2n) is 3.33. The number of amides is 1. The van der Waals surface area contributed by atoms with Crippen molar-refractivity contribution in [2.45, 2.75) is 25.6 Å². The van der Waals surface area contributed by atoms with E-state index >= 15 is 0 Å². The monoisotopic (exact) mass is 199 g/mol. The van der Waals surface area contributed by atoms with Crippen molar-refractivity contribution in [3.8, 4) is 0 Å². The zero-order valence-electron chi connectivity index (χ0n) is 7.64. The summed E-state index contributed by atoms with van der Waals surface area (Å²) in [7, 11) is 1.01. The Morgan fingerprint density at radius 3 is 2.00 bits per heavy atom. The summed E-state index contributed by atoms with van der Waals surface area (Å²) >= 11 is 0. The van der Waals surface area contributed by atoms with Gasteiger partial charge >= 0.3 is 12.1 Å².